The maximum absolute atomic E-state index is 6.43. The number of fused-ring (bicyclic) bond motifs is 1. The van der Waals surface area contributed by atoms with Crippen LogP contribution in [0.15, 0.2) is 36.9 Å². The molecule has 4 rings (SSSR count). The van der Waals surface area contributed by atoms with Gasteiger partial charge in [0.2, 0.25) is 0 Å². The largest absolute Gasteiger partial charge is 0.380 e. The van der Waals surface area contributed by atoms with E-state index < -0.39 is 0 Å². The Labute approximate surface area is 149 Å². The first kappa shape index (κ1) is 15.7. The van der Waals surface area contributed by atoms with Crippen LogP contribution in [0.2, 0.25) is 10.0 Å². The van der Waals surface area contributed by atoms with E-state index in [1.54, 1.807) is 25.7 Å². The highest BCUT2D eigenvalue weighted by molar-refractivity contribution is 6.45. The normalized spacial score (nSPS) is 17.8. The molecule has 1 aromatic carbocycles. The fourth-order valence-corrected chi connectivity index (χ4v) is 3.47. The van der Waals surface area contributed by atoms with Gasteiger partial charge in [-0.1, -0.05) is 23.2 Å². The van der Waals surface area contributed by atoms with Gasteiger partial charge >= 0.3 is 0 Å². The van der Waals surface area contributed by atoms with Crippen LogP contribution in [-0.2, 0) is 4.74 Å². The summed E-state index contributed by atoms with van der Waals surface area (Å²) >= 11 is 12.6. The van der Waals surface area contributed by atoms with Crippen LogP contribution < -0.4 is 4.90 Å². The third kappa shape index (κ3) is 2.62. The molecule has 3 heterocycles. The van der Waals surface area contributed by atoms with Crippen LogP contribution in [0.3, 0.4) is 0 Å². The monoisotopic (exact) mass is 362 g/mol. The minimum absolute atomic E-state index is 0.231. The number of pyridine rings is 1. The summed E-state index contributed by atoms with van der Waals surface area (Å²) in [5.41, 5.74) is 1.68. The molecule has 5 nitrogen and oxygen atoms in total. The van der Waals surface area contributed by atoms with E-state index in [0.29, 0.717) is 15.6 Å². The quantitative estimate of drug-likeness (QED) is 0.707. The van der Waals surface area contributed by atoms with Gasteiger partial charge in [0.05, 0.1) is 33.7 Å². The van der Waals surface area contributed by atoms with Crippen LogP contribution in [0.5, 0.6) is 0 Å². The number of halogens is 2. The fourth-order valence-electron chi connectivity index (χ4n) is 3.11. The molecule has 24 heavy (non-hydrogen) atoms. The predicted molar refractivity (Wildman–Crippen MR) is 96.5 cm³/mol. The number of imidazole rings is 1. The first-order valence-electron chi connectivity index (χ1n) is 7.72. The number of anilines is 1. The molecule has 1 fully saturated rings. The number of aromatic nitrogens is 3. The fraction of sp³-hybridized carbons (Fsp3) is 0.294. The Morgan fingerprint density at radius 1 is 1.29 bits per heavy atom. The second-order valence-corrected chi connectivity index (χ2v) is 6.60. The molecule has 0 unspecified atom stereocenters. The summed E-state index contributed by atoms with van der Waals surface area (Å²) in [6.45, 7) is 1.72. The number of hydrogen-bond donors (Lipinski definition) is 0. The van der Waals surface area contributed by atoms with Crippen molar-refractivity contribution in [2.45, 2.75) is 12.5 Å². The first-order chi connectivity index (χ1) is 11.7. The predicted octanol–water partition coefficient (Wildman–Crippen LogP) is 3.95. The van der Waals surface area contributed by atoms with Gasteiger partial charge in [0.1, 0.15) is 5.82 Å². The van der Waals surface area contributed by atoms with Crippen molar-refractivity contribution >= 4 is 39.9 Å². The Morgan fingerprint density at radius 2 is 2.17 bits per heavy atom. The van der Waals surface area contributed by atoms with Crippen molar-refractivity contribution in [3.63, 3.8) is 0 Å². The molecule has 0 aliphatic carbocycles. The second-order valence-electron chi connectivity index (χ2n) is 5.82. The van der Waals surface area contributed by atoms with Crippen molar-refractivity contribution in [1.82, 2.24) is 14.5 Å². The molecule has 0 saturated carbocycles. The van der Waals surface area contributed by atoms with Crippen molar-refractivity contribution < 1.29 is 4.74 Å². The molecular weight excluding hydrogens is 347 g/mol. The molecule has 0 spiro atoms. The number of ether oxygens (including phenoxy) is 1. The first-order valence-corrected chi connectivity index (χ1v) is 8.48. The molecule has 2 aromatic heterocycles. The topological polar surface area (TPSA) is 43.2 Å². The molecule has 0 N–H and O–H groups in total. The van der Waals surface area contributed by atoms with Crippen LogP contribution >= 0.6 is 23.2 Å². The molecular formula is C17H16Cl2N4O. The van der Waals surface area contributed by atoms with Crippen molar-refractivity contribution in [1.29, 1.82) is 0 Å². The number of nitrogens with zero attached hydrogens (tertiary/aromatic N) is 4. The Balaban J connectivity index is 1.91. The van der Waals surface area contributed by atoms with Gasteiger partial charge in [-0.15, -0.1) is 0 Å². The molecule has 3 aromatic rings. The Kier molecular flexibility index (Phi) is 4.08. The lowest BCUT2D eigenvalue weighted by Crippen LogP contribution is -2.23. The standard InChI is InChI=1S/C17H16Cl2N4O/c1-24-11-4-6-22(9-11)15-8-14(23-7-5-20-10-23)12-2-3-13(18)16(19)17(12)21-15/h2-3,5,7-8,10-11H,4,6,9H2,1H3/t11-/m0/s1. The summed E-state index contributed by atoms with van der Waals surface area (Å²) in [5, 5.41) is 1.91. The van der Waals surface area contributed by atoms with Gasteiger partial charge in [-0.3, -0.25) is 0 Å². The number of benzene rings is 1. The zero-order chi connectivity index (χ0) is 16.7. The van der Waals surface area contributed by atoms with E-state index in [-0.39, 0.29) is 6.10 Å². The average molecular weight is 363 g/mol. The van der Waals surface area contributed by atoms with E-state index in [2.05, 4.69) is 16.0 Å². The maximum Gasteiger partial charge on any atom is 0.131 e. The lowest BCUT2D eigenvalue weighted by atomic mass is 10.1. The van der Waals surface area contributed by atoms with Crippen molar-refractivity contribution in [2.24, 2.45) is 0 Å². The summed E-state index contributed by atoms with van der Waals surface area (Å²) in [6, 6.07) is 5.80. The molecule has 1 aliphatic rings. The van der Waals surface area contributed by atoms with E-state index in [4.69, 9.17) is 32.9 Å². The minimum Gasteiger partial charge on any atom is -0.380 e. The molecule has 1 aliphatic heterocycles. The van der Waals surface area contributed by atoms with Gasteiger partial charge in [0.15, 0.2) is 0 Å². The van der Waals surface area contributed by atoms with Gasteiger partial charge in [-0.25, -0.2) is 9.97 Å². The zero-order valence-electron chi connectivity index (χ0n) is 13.1. The highest BCUT2D eigenvalue weighted by Gasteiger charge is 2.24. The third-order valence-corrected chi connectivity index (χ3v) is 5.22. The molecule has 0 radical (unpaired) electrons. The van der Waals surface area contributed by atoms with Gasteiger partial charge < -0.3 is 14.2 Å². The van der Waals surface area contributed by atoms with Crippen LogP contribution in [0.4, 0.5) is 5.82 Å². The third-order valence-electron chi connectivity index (χ3n) is 4.42. The van der Waals surface area contributed by atoms with E-state index in [1.165, 1.54) is 0 Å². The second kappa shape index (κ2) is 6.24. The zero-order valence-corrected chi connectivity index (χ0v) is 14.6. The van der Waals surface area contributed by atoms with Gasteiger partial charge in [0.25, 0.3) is 0 Å². The molecule has 124 valence electrons. The Hall–Kier alpha value is -1.82. The highest BCUT2D eigenvalue weighted by atomic mass is 35.5. The smallest absolute Gasteiger partial charge is 0.131 e. The molecule has 7 heteroatoms. The SMILES string of the molecule is CO[C@H]1CCN(c2cc(-n3ccnc3)c3ccc(Cl)c(Cl)c3n2)C1. The van der Waals surface area contributed by atoms with Gasteiger partial charge in [0, 0.05) is 44.0 Å². The Morgan fingerprint density at radius 3 is 2.88 bits per heavy atom. The van der Waals surface area contributed by atoms with Crippen molar-refractivity contribution in [3.05, 3.63) is 47.0 Å². The molecule has 1 atom stereocenters. The minimum atomic E-state index is 0.231. The average Bonchev–Trinajstić information content (AvgIpc) is 3.28. The summed E-state index contributed by atoms with van der Waals surface area (Å²) in [5.74, 6) is 0.870. The van der Waals surface area contributed by atoms with E-state index in [9.17, 15) is 0 Å². The van der Waals surface area contributed by atoms with E-state index >= 15 is 0 Å². The number of methoxy groups -OCH3 is 1. The van der Waals surface area contributed by atoms with E-state index in [0.717, 1.165) is 36.4 Å². The summed E-state index contributed by atoms with van der Waals surface area (Å²) < 4.78 is 7.42. The van der Waals surface area contributed by atoms with Crippen LogP contribution in [0.1, 0.15) is 6.42 Å². The number of rotatable bonds is 3. The summed E-state index contributed by atoms with van der Waals surface area (Å²) in [4.78, 5) is 11.1. The summed E-state index contributed by atoms with van der Waals surface area (Å²) in [7, 11) is 1.75. The maximum atomic E-state index is 6.43. The molecule has 1 saturated heterocycles. The molecule has 0 bridgehead atoms. The Bertz CT molecular complexity index is 882. The van der Waals surface area contributed by atoms with Gasteiger partial charge in [-0.2, -0.15) is 0 Å². The lowest BCUT2D eigenvalue weighted by Gasteiger charge is -2.20. The summed E-state index contributed by atoms with van der Waals surface area (Å²) in [6.07, 6.45) is 6.64. The molecule has 0 amide bonds. The van der Waals surface area contributed by atoms with Crippen LogP contribution in [-0.4, -0.2) is 40.8 Å². The van der Waals surface area contributed by atoms with Crippen LogP contribution in [0.25, 0.3) is 16.6 Å². The number of hydrogen-bond acceptors (Lipinski definition) is 4. The van der Waals surface area contributed by atoms with Crippen molar-refractivity contribution in [3.8, 4) is 5.69 Å². The van der Waals surface area contributed by atoms with E-state index in [1.807, 2.05) is 16.8 Å². The van der Waals surface area contributed by atoms with Crippen LogP contribution in [0, 0.1) is 0 Å². The van der Waals surface area contributed by atoms with Gasteiger partial charge in [-0.05, 0) is 18.6 Å². The van der Waals surface area contributed by atoms with Crippen molar-refractivity contribution in [2.75, 3.05) is 25.1 Å². The highest BCUT2D eigenvalue weighted by Crippen LogP contribution is 2.35. The lowest BCUT2D eigenvalue weighted by molar-refractivity contribution is 0.121.